The maximum Gasteiger partial charge on any atom is 0.226 e. The van der Waals surface area contributed by atoms with Crippen molar-refractivity contribution in [3.8, 4) is 11.5 Å². The largest absolute Gasteiger partial charge is 0.445 e. The minimum atomic E-state index is 0.555. The average Bonchev–Trinajstić information content (AvgIpc) is 3.11. The number of nitrogens with zero attached hydrogens (tertiary/aromatic N) is 2. The Morgan fingerprint density at radius 3 is 3.00 bits per heavy atom. The molecular formula is C17H17ClN4O. The third-order valence-electron chi connectivity index (χ3n) is 4.20. The molecule has 2 N–H and O–H groups in total. The van der Waals surface area contributed by atoms with Crippen LogP contribution in [0.3, 0.4) is 0 Å². The van der Waals surface area contributed by atoms with Crippen LogP contribution in [0.1, 0.15) is 35.6 Å². The number of nitrogens with one attached hydrogen (secondary N) is 2. The highest BCUT2D eigenvalue weighted by atomic mass is 35.5. The van der Waals surface area contributed by atoms with Gasteiger partial charge in [0, 0.05) is 35.0 Å². The fourth-order valence-electron chi connectivity index (χ4n) is 2.74. The molecule has 118 valence electrons. The number of aromatic nitrogens is 3. The number of oxazole rings is 1. The van der Waals surface area contributed by atoms with Crippen molar-refractivity contribution in [2.24, 2.45) is 0 Å². The van der Waals surface area contributed by atoms with Gasteiger partial charge in [0.15, 0.2) is 5.15 Å². The third-order valence-corrected chi connectivity index (χ3v) is 4.52. The van der Waals surface area contributed by atoms with Crippen molar-refractivity contribution >= 4 is 17.3 Å². The van der Waals surface area contributed by atoms with E-state index >= 15 is 0 Å². The summed E-state index contributed by atoms with van der Waals surface area (Å²) in [5.74, 6) is 1.22. The smallest absolute Gasteiger partial charge is 0.226 e. The summed E-state index contributed by atoms with van der Waals surface area (Å²) >= 11 is 6.21. The lowest BCUT2D eigenvalue weighted by Gasteiger charge is -2.10. The Bertz CT molecular complexity index is 821. The molecule has 0 amide bonds. The van der Waals surface area contributed by atoms with Crippen molar-refractivity contribution in [2.75, 3.05) is 5.32 Å². The number of halogens is 1. The van der Waals surface area contributed by atoms with Crippen molar-refractivity contribution in [1.29, 1.82) is 0 Å². The van der Waals surface area contributed by atoms with Gasteiger partial charge < -0.3 is 9.73 Å². The van der Waals surface area contributed by atoms with Gasteiger partial charge in [-0.05, 0) is 37.5 Å². The molecule has 23 heavy (non-hydrogen) atoms. The van der Waals surface area contributed by atoms with E-state index in [0.29, 0.717) is 23.5 Å². The SMILES string of the molecule is Cc1ccc(NCc2c(Cl)n[nH]c2C2CC2)cc1-c1ncco1. The fraction of sp³-hybridized carbons (Fsp3) is 0.294. The number of H-pyrrole nitrogens is 1. The Kier molecular flexibility index (Phi) is 3.58. The minimum Gasteiger partial charge on any atom is -0.445 e. The number of hydrogen-bond donors (Lipinski definition) is 2. The molecule has 6 heteroatoms. The van der Waals surface area contributed by atoms with Crippen LogP contribution in [-0.4, -0.2) is 15.2 Å². The predicted octanol–water partition coefficient (Wildman–Crippen LogP) is 4.52. The second kappa shape index (κ2) is 5.74. The monoisotopic (exact) mass is 328 g/mol. The van der Waals surface area contributed by atoms with Crippen molar-refractivity contribution in [3.63, 3.8) is 0 Å². The Balaban J connectivity index is 1.56. The number of hydrogen-bond acceptors (Lipinski definition) is 4. The molecule has 5 nitrogen and oxygen atoms in total. The summed E-state index contributed by atoms with van der Waals surface area (Å²) in [7, 11) is 0. The van der Waals surface area contributed by atoms with Gasteiger partial charge in [0.2, 0.25) is 5.89 Å². The van der Waals surface area contributed by atoms with Crippen LogP contribution in [0.15, 0.2) is 35.1 Å². The van der Waals surface area contributed by atoms with E-state index in [-0.39, 0.29) is 0 Å². The van der Waals surface area contributed by atoms with E-state index in [1.165, 1.54) is 18.5 Å². The van der Waals surface area contributed by atoms with Crippen molar-refractivity contribution in [3.05, 3.63) is 52.6 Å². The molecule has 1 saturated carbocycles. The number of benzene rings is 1. The second-order valence-corrected chi connectivity index (χ2v) is 6.26. The Hall–Kier alpha value is -2.27. The number of aryl methyl sites for hydroxylation is 1. The molecule has 1 aliphatic rings. The lowest BCUT2D eigenvalue weighted by molar-refractivity contribution is 0.574. The van der Waals surface area contributed by atoms with Gasteiger partial charge in [0.1, 0.15) is 6.26 Å². The van der Waals surface area contributed by atoms with E-state index in [2.05, 4.69) is 26.6 Å². The first-order valence-electron chi connectivity index (χ1n) is 7.69. The Morgan fingerprint density at radius 1 is 1.39 bits per heavy atom. The van der Waals surface area contributed by atoms with Crippen LogP contribution in [-0.2, 0) is 6.54 Å². The molecule has 0 aliphatic heterocycles. The number of anilines is 1. The molecule has 3 aromatic rings. The van der Waals surface area contributed by atoms with E-state index in [1.54, 1.807) is 12.5 Å². The van der Waals surface area contributed by atoms with Gasteiger partial charge in [-0.15, -0.1) is 0 Å². The molecule has 0 radical (unpaired) electrons. The van der Waals surface area contributed by atoms with E-state index < -0.39 is 0 Å². The van der Waals surface area contributed by atoms with Crippen LogP contribution in [0, 0.1) is 6.92 Å². The zero-order valence-corrected chi connectivity index (χ0v) is 13.5. The van der Waals surface area contributed by atoms with Crippen LogP contribution in [0.5, 0.6) is 0 Å². The van der Waals surface area contributed by atoms with Crippen LogP contribution in [0.4, 0.5) is 5.69 Å². The summed E-state index contributed by atoms with van der Waals surface area (Å²) in [6.45, 7) is 2.69. The zero-order chi connectivity index (χ0) is 15.8. The molecule has 0 atom stereocenters. The summed E-state index contributed by atoms with van der Waals surface area (Å²) in [5, 5.41) is 11.2. The van der Waals surface area contributed by atoms with Gasteiger partial charge in [-0.25, -0.2) is 4.98 Å². The molecule has 1 fully saturated rings. The highest BCUT2D eigenvalue weighted by Crippen LogP contribution is 2.42. The Labute approximate surface area is 139 Å². The predicted molar refractivity (Wildman–Crippen MR) is 89.6 cm³/mol. The first-order chi connectivity index (χ1) is 11.2. The highest BCUT2D eigenvalue weighted by Gasteiger charge is 2.29. The molecule has 4 rings (SSSR count). The van der Waals surface area contributed by atoms with Gasteiger partial charge in [-0.3, -0.25) is 5.10 Å². The lowest BCUT2D eigenvalue weighted by Crippen LogP contribution is -2.02. The van der Waals surface area contributed by atoms with E-state index in [0.717, 1.165) is 22.4 Å². The maximum absolute atomic E-state index is 6.21. The lowest BCUT2D eigenvalue weighted by atomic mass is 10.1. The van der Waals surface area contributed by atoms with Crippen LogP contribution in [0.2, 0.25) is 5.15 Å². The highest BCUT2D eigenvalue weighted by molar-refractivity contribution is 6.30. The van der Waals surface area contributed by atoms with Gasteiger partial charge >= 0.3 is 0 Å². The summed E-state index contributed by atoms with van der Waals surface area (Å²) in [6.07, 6.45) is 5.67. The second-order valence-electron chi connectivity index (χ2n) is 5.90. The van der Waals surface area contributed by atoms with Crippen LogP contribution < -0.4 is 5.32 Å². The van der Waals surface area contributed by atoms with E-state index in [1.807, 2.05) is 19.1 Å². The number of aromatic amines is 1. The summed E-state index contributed by atoms with van der Waals surface area (Å²) < 4.78 is 5.41. The summed E-state index contributed by atoms with van der Waals surface area (Å²) in [6, 6.07) is 6.15. The molecular weight excluding hydrogens is 312 g/mol. The van der Waals surface area contributed by atoms with Crippen LogP contribution in [0.25, 0.3) is 11.5 Å². The molecule has 2 aromatic heterocycles. The first kappa shape index (κ1) is 14.3. The van der Waals surface area contributed by atoms with Crippen molar-refractivity contribution in [1.82, 2.24) is 15.2 Å². The molecule has 0 spiro atoms. The van der Waals surface area contributed by atoms with Crippen LogP contribution >= 0.6 is 11.6 Å². The standard InChI is InChI=1S/C17H17ClN4O/c1-10-2-5-12(8-13(10)17-19-6-7-23-17)20-9-14-15(11-3-4-11)21-22-16(14)18/h2,5-8,11,20H,3-4,9H2,1H3,(H,21,22). The molecule has 2 heterocycles. The number of rotatable bonds is 5. The van der Waals surface area contributed by atoms with Crippen molar-refractivity contribution in [2.45, 2.75) is 32.2 Å². The Morgan fingerprint density at radius 2 is 2.26 bits per heavy atom. The first-order valence-corrected chi connectivity index (χ1v) is 8.07. The molecule has 1 aliphatic carbocycles. The molecule has 1 aromatic carbocycles. The summed E-state index contributed by atoms with van der Waals surface area (Å²) in [4.78, 5) is 4.23. The van der Waals surface area contributed by atoms with Gasteiger partial charge in [-0.2, -0.15) is 5.10 Å². The zero-order valence-electron chi connectivity index (χ0n) is 12.8. The maximum atomic E-state index is 6.21. The van der Waals surface area contributed by atoms with E-state index in [4.69, 9.17) is 16.0 Å². The fourth-order valence-corrected chi connectivity index (χ4v) is 2.95. The normalized spacial score (nSPS) is 14.2. The quantitative estimate of drug-likeness (QED) is 0.722. The van der Waals surface area contributed by atoms with Gasteiger partial charge in [0.25, 0.3) is 0 Å². The molecule has 0 saturated heterocycles. The van der Waals surface area contributed by atoms with Gasteiger partial charge in [0.05, 0.1) is 6.20 Å². The topological polar surface area (TPSA) is 66.7 Å². The molecule has 0 bridgehead atoms. The van der Waals surface area contributed by atoms with E-state index in [9.17, 15) is 0 Å². The van der Waals surface area contributed by atoms with Gasteiger partial charge in [-0.1, -0.05) is 17.7 Å². The third kappa shape index (κ3) is 2.84. The summed E-state index contributed by atoms with van der Waals surface area (Å²) in [5.41, 5.74) is 5.34. The minimum absolute atomic E-state index is 0.555. The average molecular weight is 329 g/mol. The van der Waals surface area contributed by atoms with Crippen molar-refractivity contribution < 1.29 is 4.42 Å². The molecule has 0 unspecified atom stereocenters.